The molecule has 4 atom stereocenters. The lowest BCUT2D eigenvalue weighted by Gasteiger charge is -2.40. The number of carbonyl (C=O) groups excluding carboxylic acids is 1. The van der Waals surface area contributed by atoms with Crippen molar-refractivity contribution in [1.82, 2.24) is 39.2 Å². The molecular weight excluding hydrogens is 715 g/mol. The Kier molecular flexibility index (Phi) is 8.57. The lowest BCUT2D eigenvalue weighted by atomic mass is 10.1. The molecule has 2 fully saturated rings. The van der Waals surface area contributed by atoms with Gasteiger partial charge in [0, 0.05) is 57.5 Å². The fourth-order valence-electron chi connectivity index (χ4n) is 8.06. The number of nitrogens with one attached hydrogen (secondary N) is 1. The largest absolute Gasteiger partial charge is 0.394 e. The molecule has 4 bridgehead atoms. The molecule has 6 aromatic rings. The summed E-state index contributed by atoms with van der Waals surface area (Å²) in [4.78, 5) is 39.5. The Morgan fingerprint density at radius 3 is 2.60 bits per heavy atom. The van der Waals surface area contributed by atoms with Crippen molar-refractivity contribution in [2.24, 2.45) is 0 Å². The number of likely N-dealkylation sites (N-methyl/N-ethyl adjacent to an activating group) is 1. The third kappa shape index (κ3) is 5.97. The maximum absolute atomic E-state index is 15.2. The van der Waals surface area contributed by atoms with Crippen LogP contribution in [0.15, 0.2) is 54.7 Å². The number of aliphatic hydroxyl groups is 1. The van der Waals surface area contributed by atoms with Crippen LogP contribution in [-0.2, 0) is 16.1 Å². The van der Waals surface area contributed by atoms with Crippen molar-refractivity contribution >= 4 is 45.6 Å². The number of halogens is 3. The fourth-order valence-corrected chi connectivity index (χ4v) is 8.06. The average Bonchev–Trinajstić information content (AvgIpc) is 3.85. The number of pyridine rings is 1. The van der Waals surface area contributed by atoms with Crippen molar-refractivity contribution in [1.29, 1.82) is 0 Å². The second kappa shape index (κ2) is 13.5. The molecule has 3 aliphatic rings. The Hall–Kier alpha value is -5.81. The van der Waals surface area contributed by atoms with Crippen molar-refractivity contribution in [2.45, 2.75) is 50.5 Å². The van der Waals surface area contributed by atoms with E-state index in [0.29, 0.717) is 65.7 Å². The molecule has 14 nitrogen and oxygen atoms in total. The molecule has 0 unspecified atom stereocenters. The summed E-state index contributed by atoms with van der Waals surface area (Å²) in [5.74, 6) is -0.273. The maximum atomic E-state index is 15.2. The molecule has 4 aromatic heterocycles. The van der Waals surface area contributed by atoms with Gasteiger partial charge < -0.3 is 34.4 Å². The first-order valence-electron chi connectivity index (χ1n) is 18.1. The number of rotatable bonds is 5. The zero-order valence-corrected chi connectivity index (χ0v) is 30.3. The molecule has 2 saturated heterocycles. The molecule has 1 amide bonds. The Bertz CT molecular complexity index is 2470. The van der Waals surface area contributed by atoms with Gasteiger partial charge in [0.05, 0.1) is 53.6 Å². The highest BCUT2D eigenvalue weighted by molar-refractivity contribution is 5.94. The number of fused-ring (bicyclic) bond motifs is 6. The number of methoxy groups -OCH3 is 1. The Morgan fingerprint density at radius 1 is 0.982 bits per heavy atom. The number of hydrogen-bond acceptors (Lipinski definition) is 11. The van der Waals surface area contributed by atoms with Crippen molar-refractivity contribution < 1.29 is 27.8 Å². The topological polar surface area (TPSA) is 143 Å². The summed E-state index contributed by atoms with van der Waals surface area (Å²) in [5.41, 5.74) is 2.60. The molecule has 9 rings (SSSR count). The third-order valence-corrected chi connectivity index (χ3v) is 11.0. The number of amides is 1. The summed E-state index contributed by atoms with van der Waals surface area (Å²) in [5, 5.41) is 18.5. The standard InChI is InChI=1S/C38H38F3N11O3/c1-20-43-30-13-22(40)11-26-29-5-4-6-33(45-29)44-23-14-32(37(54)48(2)17-25(55-3)18-50(20)34(26)30)51(16-23)35-27-15-42-52(31-8-7-21(39)12-28(31)41)36(27)47-38(46-35)49-10-9-24(49)19-53/h4-8,11-13,15,23-25,32,53H,9-10,14,16-19H2,1-3H3,(H,44,45)/t23-,24-,25-,32-/m0/s1. The van der Waals surface area contributed by atoms with Crippen molar-refractivity contribution in [2.75, 3.05) is 55.5 Å². The number of benzene rings is 2. The van der Waals surface area contributed by atoms with E-state index >= 15 is 8.78 Å². The predicted molar refractivity (Wildman–Crippen MR) is 199 cm³/mol. The third-order valence-electron chi connectivity index (χ3n) is 11.0. The molecule has 7 heterocycles. The lowest BCUT2D eigenvalue weighted by Crippen LogP contribution is -2.51. The molecule has 55 heavy (non-hydrogen) atoms. The molecule has 284 valence electrons. The van der Waals surface area contributed by atoms with Gasteiger partial charge in [-0.05, 0) is 50.1 Å². The van der Waals surface area contributed by atoms with E-state index in [1.165, 1.54) is 29.1 Å². The monoisotopic (exact) mass is 753 g/mol. The zero-order chi connectivity index (χ0) is 38.1. The van der Waals surface area contributed by atoms with E-state index in [0.717, 1.165) is 24.1 Å². The van der Waals surface area contributed by atoms with Gasteiger partial charge in [-0.1, -0.05) is 6.07 Å². The minimum Gasteiger partial charge on any atom is -0.394 e. The van der Waals surface area contributed by atoms with Gasteiger partial charge >= 0.3 is 0 Å². The zero-order valence-electron chi connectivity index (χ0n) is 30.3. The number of aromatic nitrogens is 7. The summed E-state index contributed by atoms with van der Waals surface area (Å²) in [6.07, 6.45) is 2.16. The molecular formula is C38H38F3N11O3. The van der Waals surface area contributed by atoms with Gasteiger partial charge in [-0.2, -0.15) is 15.1 Å². The number of nitrogens with zero attached hydrogens (tertiary/aromatic N) is 10. The molecule has 0 aliphatic carbocycles. The van der Waals surface area contributed by atoms with Crippen molar-refractivity contribution in [3.63, 3.8) is 0 Å². The second-order valence-corrected chi connectivity index (χ2v) is 14.4. The summed E-state index contributed by atoms with van der Waals surface area (Å²) >= 11 is 0. The smallest absolute Gasteiger partial charge is 0.245 e. The van der Waals surface area contributed by atoms with Crippen LogP contribution < -0.4 is 15.1 Å². The molecule has 0 radical (unpaired) electrons. The summed E-state index contributed by atoms with van der Waals surface area (Å²) < 4.78 is 53.5. The van der Waals surface area contributed by atoms with Crippen LogP contribution in [0.4, 0.5) is 30.8 Å². The van der Waals surface area contributed by atoms with Crippen LogP contribution in [-0.4, -0.2) is 115 Å². The molecule has 2 N–H and O–H groups in total. The fraction of sp³-hybridized carbons (Fsp3) is 0.368. The quantitative estimate of drug-likeness (QED) is 0.263. The molecule has 2 aromatic carbocycles. The van der Waals surface area contributed by atoms with Crippen molar-refractivity contribution in [3.05, 3.63) is 78.0 Å². The van der Waals surface area contributed by atoms with Crippen LogP contribution in [0.3, 0.4) is 0 Å². The van der Waals surface area contributed by atoms with Gasteiger partial charge in [0.2, 0.25) is 11.9 Å². The van der Waals surface area contributed by atoms with Crippen LogP contribution >= 0.6 is 0 Å². The van der Waals surface area contributed by atoms with Crippen LogP contribution in [0.1, 0.15) is 18.7 Å². The highest BCUT2D eigenvalue weighted by Gasteiger charge is 2.42. The van der Waals surface area contributed by atoms with Gasteiger partial charge in [-0.15, -0.1) is 0 Å². The van der Waals surface area contributed by atoms with Gasteiger partial charge in [0.1, 0.15) is 40.8 Å². The second-order valence-electron chi connectivity index (χ2n) is 14.4. The SMILES string of the molecule is CO[C@H]1CN(C)C(=O)[C@@H]2C[C@@H](CN2c2nc(N3CC[C@H]3CO)nc3c2cnn3-c2ccc(F)cc2F)Nc2cccc(n2)-c2cc(F)cc3nc(C)n(c23)C1. The van der Waals surface area contributed by atoms with Crippen LogP contribution in [0, 0.1) is 24.4 Å². The number of aryl methyl sites for hydroxylation is 1. The summed E-state index contributed by atoms with van der Waals surface area (Å²) in [6, 6.07) is 10.4. The van der Waals surface area contributed by atoms with E-state index in [4.69, 9.17) is 19.7 Å². The van der Waals surface area contributed by atoms with E-state index < -0.39 is 29.6 Å². The number of ether oxygens (including phenoxy) is 1. The average molecular weight is 754 g/mol. The first-order chi connectivity index (χ1) is 26.6. The van der Waals surface area contributed by atoms with E-state index in [9.17, 15) is 14.3 Å². The van der Waals surface area contributed by atoms with Gasteiger partial charge in [0.25, 0.3) is 0 Å². The molecule has 17 heteroatoms. The lowest BCUT2D eigenvalue weighted by molar-refractivity contribution is -0.132. The van der Waals surface area contributed by atoms with Gasteiger partial charge in [-0.25, -0.2) is 27.8 Å². The van der Waals surface area contributed by atoms with E-state index in [1.807, 2.05) is 39.5 Å². The Morgan fingerprint density at radius 2 is 1.84 bits per heavy atom. The summed E-state index contributed by atoms with van der Waals surface area (Å²) in [7, 11) is 3.33. The van der Waals surface area contributed by atoms with Gasteiger partial charge in [-0.3, -0.25) is 4.79 Å². The number of anilines is 3. The number of imidazole rings is 1. The maximum Gasteiger partial charge on any atom is 0.245 e. The number of carbonyl (C=O) groups is 1. The minimum absolute atomic E-state index is 0.00694. The van der Waals surface area contributed by atoms with Crippen LogP contribution in [0.2, 0.25) is 0 Å². The van der Waals surface area contributed by atoms with Crippen LogP contribution in [0.25, 0.3) is 39.0 Å². The van der Waals surface area contributed by atoms with E-state index in [1.54, 1.807) is 19.1 Å². The molecule has 0 saturated carbocycles. The number of hydrogen-bond donors (Lipinski definition) is 2. The predicted octanol–water partition coefficient (Wildman–Crippen LogP) is 4.07. The van der Waals surface area contributed by atoms with Crippen LogP contribution in [0.5, 0.6) is 0 Å². The van der Waals surface area contributed by atoms with E-state index in [2.05, 4.69) is 15.4 Å². The number of aliphatic hydroxyl groups excluding tert-OH is 1. The van der Waals surface area contributed by atoms with E-state index in [-0.39, 0.29) is 48.4 Å². The first kappa shape index (κ1) is 34.9. The Balaban J connectivity index is 1.18. The van der Waals surface area contributed by atoms with Gasteiger partial charge in [0.15, 0.2) is 11.5 Å². The minimum atomic E-state index is -0.823. The van der Waals surface area contributed by atoms with Crippen molar-refractivity contribution in [3.8, 4) is 16.9 Å². The highest BCUT2D eigenvalue weighted by atomic mass is 19.1. The first-order valence-corrected chi connectivity index (χ1v) is 18.1. The molecule has 0 spiro atoms. The molecule has 3 aliphatic heterocycles. The normalized spacial score (nSPS) is 21.5. The highest BCUT2D eigenvalue weighted by Crippen LogP contribution is 2.37. The summed E-state index contributed by atoms with van der Waals surface area (Å²) in [6.45, 7) is 3.20. The Labute approximate surface area is 313 Å².